The summed E-state index contributed by atoms with van der Waals surface area (Å²) < 4.78 is 0. The fourth-order valence-electron chi connectivity index (χ4n) is 2.45. The Balaban J connectivity index is 1.76. The van der Waals surface area contributed by atoms with Gasteiger partial charge >= 0.3 is 0 Å². The first-order chi connectivity index (χ1) is 9.70. The summed E-state index contributed by atoms with van der Waals surface area (Å²) in [5, 5.41) is 12.2. The fraction of sp³-hybridized carbons (Fsp3) is 0.571. The standard InChI is InChI=1S/C14H20ClN3O2/c15-13-10-16-4-1-12(13)14(20)17-9-11-2-5-18(6-3-11)7-8-19/h1,4,10-11,19H,2-3,5-9H2,(H,17,20). The summed E-state index contributed by atoms with van der Waals surface area (Å²) in [6.45, 7) is 3.59. The summed E-state index contributed by atoms with van der Waals surface area (Å²) in [7, 11) is 0. The maximum atomic E-state index is 12.0. The second-order valence-corrected chi connectivity index (χ2v) is 5.48. The minimum absolute atomic E-state index is 0.143. The van der Waals surface area contributed by atoms with Crippen LogP contribution in [0.4, 0.5) is 0 Å². The molecule has 2 heterocycles. The number of hydrogen-bond donors (Lipinski definition) is 2. The van der Waals surface area contributed by atoms with Gasteiger partial charge in [-0.05, 0) is 37.9 Å². The number of rotatable bonds is 5. The number of nitrogens with zero attached hydrogens (tertiary/aromatic N) is 2. The SMILES string of the molecule is O=C(NCC1CCN(CCO)CC1)c1ccncc1Cl. The van der Waals surface area contributed by atoms with Gasteiger partial charge in [0.25, 0.3) is 5.91 Å². The van der Waals surface area contributed by atoms with Crippen molar-refractivity contribution in [2.24, 2.45) is 5.92 Å². The molecule has 1 aromatic rings. The molecule has 0 bridgehead atoms. The molecule has 1 saturated heterocycles. The quantitative estimate of drug-likeness (QED) is 0.856. The predicted molar refractivity (Wildman–Crippen MR) is 77.8 cm³/mol. The lowest BCUT2D eigenvalue weighted by molar-refractivity contribution is 0.0933. The largest absolute Gasteiger partial charge is 0.395 e. The van der Waals surface area contributed by atoms with Gasteiger partial charge in [0.2, 0.25) is 0 Å². The first-order valence-corrected chi connectivity index (χ1v) is 7.29. The number of likely N-dealkylation sites (tertiary alicyclic amines) is 1. The van der Waals surface area contributed by atoms with E-state index in [9.17, 15) is 4.79 Å². The molecular formula is C14H20ClN3O2. The molecule has 1 fully saturated rings. The van der Waals surface area contributed by atoms with Crippen molar-refractivity contribution in [2.75, 3.05) is 32.8 Å². The first kappa shape index (κ1) is 15.2. The van der Waals surface area contributed by atoms with Crippen LogP contribution >= 0.6 is 11.6 Å². The van der Waals surface area contributed by atoms with Crippen LogP contribution in [-0.2, 0) is 0 Å². The number of carbonyl (C=O) groups excluding carboxylic acids is 1. The van der Waals surface area contributed by atoms with Crippen molar-refractivity contribution in [1.82, 2.24) is 15.2 Å². The Morgan fingerprint density at radius 3 is 2.90 bits per heavy atom. The van der Waals surface area contributed by atoms with Gasteiger partial charge in [-0.2, -0.15) is 0 Å². The number of aromatic nitrogens is 1. The summed E-state index contributed by atoms with van der Waals surface area (Å²) in [6.07, 6.45) is 5.13. The van der Waals surface area contributed by atoms with Crippen molar-refractivity contribution in [2.45, 2.75) is 12.8 Å². The first-order valence-electron chi connectivity index (χ1n) is 6.91. The van der Waals surface area contributed by atoms with Gasteiger partial charge in [0.05, 0.1) is 17.2 Å². The van der Waals surface area contributed by atoms with Crippen molar-refractivity contribution < 1.29 is 9.90 Å². The minimum Gasteiger partial charge on any atom is -0.395 e. The molecule has 0 atom stereocenters. The highest BCUT2D eigenvalue weighted by atomic mass is 35.5. The van der Waals surface area contributed by atoms with Crippen LogP contribution < -0.4 is 5.32 Å². The molecule has 1 aliphatic rings. The highest BCUT2D eigenvalue weighted by Gasteiger charge is 2.19. The lowest BCUT2D eigenvalue weighted by atomic mass is 9.96. The van der Waals surface area contributed by atoms with Gasteiger partial charge in [0, 0.05) is 25.5 Å². The number of pyridine rings is 1. The molecule has 20 heavy (non-hydrogen) atoms. The molecule has 110 valence electrons. The van der Waals surface area contributed by atoms with E-state index in [0.29, 0.717) is 23.0 Å². The van der Waals surface area contributed by atoms with Crippen molar-refractivity contribution in [3.8, 4) is 0 Å². The third-order valence-electron chi connectivity index (χ3n) is 3.69. The number of nitrogens with one attached hydrogen (secondary N) is 1. The molecule has 2 rings (SSSR count). The Bertz CT molecular complexity index is 448. The molecule has 0 spiro atoms. The van der Waals surface area contributed by atoms with E-state index in [1.54, 1.807) is 12.3 Å². The van der Waals surface area contributed by atoms with Crippen LogP contribution in [0.1, 0.15) is 23.2 Å². The molecule has 0 aliphatic carbocycles. The number of piperidine rings is 1. The zero-order chi connectivity index (χ0) is 14.4. The molecule has 1 amide bonds. The van der Waals surface area contributed by atoms with Crippen molar-refractivity contribution in [3.05, 3.63) is 29.0 Å². The van der Waals surface area contributed by atoms with Crippen LogP contribution in [0, 0.1) is 5.92 Å². The van der Waals surface area contributed by atoms with Gasteiger partial charge in [-0.1, -0.05) is 11.6 Å². The van der Waals surface area contributed by atoms with E-state index < -0.39 is 0 Å². The molecule has 2 N–H and O–H groups in total. The van der Waals surface area contributed by atoms with Crippen LogP contribution in [0.2, 0.25) is 5.02 Å². The molecule has 0 saturated carbocycles. The van der Waals surface area contributed by atoms with Crippen molar-refractivity contribution in [3.63, 3.8) is 0 Å². The Morgan fingerprint density at radius 1 is 1.50 bits per heavy atom. The third-order valence-corrected chi connectivity index (χ3v) is 3.99. The molecule has 0 aromatic carbocycles. The Morgan fingerprint density at radius 2 is 2.25 bits per heavy atom. The Labute approximate surface area is 123 Å². The Hall–Kier alpha value is -1.17. The smallest absolute Gasteiger partial charge is 0.252 e. The van der Waals surface area contributed by atoms with Gasteiger partial charge in [-0.3, -0.25) is 9.78 Å². The third kappa shape index (κ3) is 4.16. The summed E-state index contributed by atoms with van der Waals surface area (Å²) in [5.74, 6) is 0.352. The molecule has 5 nitrogen and oxygen atoms in total. The van der Waals surface area contributed by atoms with Crippen LogP contribution in [0.25, 0.3) is 0 Å². The average molecular weight is 298 g/mol. The molecular weight excluding hydrogens is 278 g/mol. The number of β-amino-alcohol motifs (C(OH)–C–C–N with tert-alkyl or cyclic N) is 1. The molecule has 0 unspecified atom stereocenters. The van der Waals surface area contributed by atoms with E-state index >= 15 is 0 Å². The number of aliphatic hydroxyl groups is 1. The van der Waals surface area contributed by atoms with E-state index in [4.69, 9.17) is 16.7 Å². The molecule has 1 aromatic heterocycles. The maximum absolute atomic E-state index is 12.0. The predicted octanol–water partition coefficient (Wildman–Crippen LogP) is 1.17. The van der Waals surface area contributed by atoms with Gasteiger partial charge in [-0.25, -0.2) is 0 Å². The van der Waals surface area contributed by atoms with E-state index in [1.807, 2.05) is 0 Å². The van der Waals surface area contributed by atoms with Crippen LogP contribution in [0.5, 0.6) is 0 Å². The van der Waals surface area contributed by atoms with Crippen molar-refractivity contribution >= 4 is 17.5 Å². The number of halogens is 1. The number of aliphatic hydroxyl groups excluding tert-OH is 1. The monoisotopic (exact) mass is 297 g/mol. The number of hydrogen-bond acceptors (Lipinski definition) is 4. The summed E-state index contributed by atoms with van der Waals surface area (Å²) >= 11 is 5.94. The minimum atomic E-state index is -0.143. The van der Waals surface area contributed by atoms with Crippen LogP contribution in [0.15, 0.2) is 18.5 Å². The summed E-state index contributed by atoms with van der Waals surface area (Å²) in [6, 6.07) is 1.63. The normalized spacial score (nSPS) is 17.1. The maximum Gasteiger partial charge on any atom is 0.252 e. The van der Waals surface area contributed by atoms with E-state index in [0.717, 1.165) is 32.5 Å². The van der Waals surface area contributed by atoms with Gasteiger partial charge < -0.3 is 15.3 Å². The fourth-order valence-corrected chi connectivity index (χ4v) is 2.65. The summed E-state index contributed by atoms with van der Waals surface area (Å²) in [5.41, 5.74) is 0.472. The van der Waals surface area contributed by atoms with E-state index in [1.165, 1.54) is 6.20 Å². The zero-order valence-electron chi connectivity index (χ0n) is 11.4. The zero-order valence-corrected chi connectivity index (χ0v) is 12.1. The van der Waals surface area contributed by atoms with E-state index in [-0.39, 0.29) is 12.5 Å². The second-order valence-electron chi connectivity index (χ2n) is 5.07. The molecule has 0 radical (unpaired) electrons. The van der Waals surface area contributed by atoms with Crippen molar-refractivity contribution in [1.29, 1.82) is 0 Å². The number of carbonyl (C=O) groups is 1. The highest BCUT2D eigenvalue weighted by molar-refractivity contribution is 6.33. The highest BCUT2D eigenvalue weighted by Crippen LogP contribution is 2.17. The number of amides is 1. The summed E-state index contributed by atoms with van der Waals surface area (Å²) in [4.78, 5) is 18.1. The average Bonchev–Trinajstić information content (AvgIpc) is 2.47. The topological polar surface area (TPSA) is 65.5 Å². The Kier molecular flexibility index (Phi) is 5.76. The van der Waals surface area contributed by atoms with Gasteiger partial charge in [-0.15, -0.1) is 0 Å². The lowest BCUT2D eigenvalue weighted by Gasteiger charge is -2.31. The van der Waals surface area contributed by atoms with Gasteiger partial charge in [0.1, 0.15) is 0 Å². The van der Waals surface area contributed by atoms with E-state index in [2.05, 4.69) is 15.2 Å². The van der Waals surface area contributed by atoms with Gasteiger partial charge in [0.15, 0.2) is 0 Å². The second kappa shape index (κ2) is 7.57. The van der Waals surface area contributed by atoms with Crippen LogP contribution in [0.3, 0.4) is 0 Å². The molecule has 1 aliphatic heterocycles. The van der Waals surface area contributed by atoms with Crippen LogP contribution in [-0.4, -0.2) is 53.7 Å². The molecule has 6 heteroatoms. The lowest BCUT2D eigenvalue weighted by Crippen LogP contribution is -2.39.